The second-order valence-corrected chi connectivity index (χ2v) is 8.09. The van der Waals surface area contributed by atoms with E-state index in [2.05, 4.69) is 21.2 Å². The normalized spacial score (nSPS) is 10.9. The quantitative estimate of drug-likeness (QED) is 0.356. The topological polar surface area (TPSA) is 21.3 Å². The molecule has 2 nitrogen and oxygen atoms in total. The third kappa shape index (κ3) is 6.21. The molecule has 0 bridgehead atoms. The number of hydrogen-bond acceptors (Lipinski definition) is 2. The van der Waals surface area contributed by atoms with Crippen LogP contribution in [0.3, 0.4) is 0 Å². The van der Waals surface area contributed by atoms with E-state index < -0.39 is 0 Å². The molecular formula is C22H19BrCl2FNO. The van der Waals surface area contributed by atoms with Crippen molar-refractivity contribution in [3.05, 3.63) is 97.7 Å². The molecule has 0 heterocycles. The zero-order chi connectivity index (χ0) is 19.9. The summed E-state index contributed by atoms with van der Waals surface area (Å²) in [5.74, 6) is 0.544. The molecule has 3 rings (SSSR count). The van der Waals surface area contributed by atoms with Crippen molar-refractivity contribution in [1.29, 1.82) is 0 Å². The van der Waals surface area contributed by atoms with Crippen LogP contribution in [0.4, 0.5) is 4.39 Å². The molecule has 0 aliphatic heterocycles. The highest BCUT2D eigenvalue weighted by atomic mass is 79.9. The Labute approximate surface area is 182 Å². The smallest absolute Gasteiger partial charge is 0.124 e. The van der Waals surface area contributed by atoms with Crippen LogP contribution in [0.5, 0.6) is 5.75 Å². The van der Waals surface area contributed by atoms with E-state index in [0.717, 1.165) is 39.9 Å². The molecule has 0 amide bonds. The van der Waals surface area contributed by atoms with E-state index in [4.69, 9.17) is 27.9 Å². The highest BCUT2D eigenvalue weighted by Crippen LogP contribution is 2.25. The lowest BCUT2D eigenvalue weighted by Crippen LogP contribution is -2.17. The largest absolute Gasteiger partial charge is 0.489 e. The Morgan fingerprint density at radius 1 is 0.929 bits per heavy atom. The van der Waals surface area contributed by atoms with Crippen molar-refractivity contribution in [3.63, 3.8) is 0 Å². The van der Waals surface area contributed by atoms with E-state index in [1.54, 1.807) is 18.2 Å². The molecule has 0 unspecified atom stereocenters. The predicted molar refractivity (Wildman–Crippen MR) is 117 cm³/mol. The van der Waals surface area contributed by atoms with Gasteiger partial charge in [0.15, 0.2) is 0 Å². The first-order chi connectivity index (χ1) is 13.5. The third-order valence-corrected chi connectivity index (χ3v) is 5.31. The van der Waals surface area contributed by atoms with Crippen LogP contribution in [0.15, 0.2) is 65.1 Å². The van der Waals surface area contributed by atoms with Crippen molar-refractivity contribution < 1.29 is 9.13 Å². The molecule has 0 aliphatic rings. The molecular weight excluding hydrogens is 464 g/mol. The number of halogens is 4. The Morgan fingerprint density at radius 3 is 2.46 bits per heavy atom. The fourth-order valence-electron chi connectivity index (χ4n) is 2.74. The molecule has 6 heteroatoms. The minimum Gasteiger partial charge on any atom is -0.489 e. The first kappa shape index (κ1) is 21.1. The summed E-state index contributed by atoms with van der Waals surface area (Å²) >= 11 is 15.7. The van der Waals surface area contributed by atoms with Crippen LogP contribution in [-0.2, 0) is 19.6 Å². The van der Waals surface area contributed by atoms with Gasteiger partial charge in [0.25, 0.3) is 0 Å². The van der Waals surface area contributed by atoms with E-state index in [-0.39, 0.29) is 5.82 Å². The molecule has 0 aliphatic carbocycles. The van der Waals surface area contributed by atoms with Crippen molar-refractivity contribution in [3.8, 4) is 5.75 Å². The van der Waals surface area contributed by atoms with Gasteiger partial charge in [-0.3, -0.25) is 0 Å². The van der Waals surface area contributed by atoms with E-state index in [0.29, 0.717) is 23.2 Å². The summed E-state index contributed by atoms with van der Waals surface area (Å²) in [7, 11) is 0. The Kier molecular flexibility index (Phi) is 7.74. The van der Waals surface area contributed by atoms with Gasteiger partial charge >= 0.3 is 0 Å². The van der Waals surface area contributed by atoms with E-state index in [1.165, 1.54) is 12.1 Å². The standard InChI is InChI=1S/C22H19BrCl2FNO/c23-18-4-8-22(28-14-15-1-6-20(26)7-2-15)17(11-18)13-27-10-9-16-3-5-19(24)12-21(16)25/h1-8,11-12,27H,9-10,13-14H2. The summed E-state index contributed by atoms with van der Waals surface area (Å²) in [6, 6.07) is 17.8. The summed E-state index contributed by atoms with van der Waals surface area (Å²) in [6.07, 6.45) is 0.801. The van der Waals surface area contributed by atoms with E-state index >= 15 is 0 Å². The first-order valence-electron chi connectivity index (χ1n) is 8.81. The maximum absolute atomic E-state index is 13.0. The number of nitrogens with one attached hydrogen (secondary N) is 1. The zero-order valence-corrected chi connectivity index (χ0v) is 18.1. The Morgan fingerprint density at radius 2 is 1.71 bits per heavy atom. The number of benzene rings is 3. The lowest BCUT2D eigenvalue weighted by atomic mass is 10.1. The van der Waals surface area contributed by atoms with E-state index in [9.17, 15) is 4.39 Å². The van der Waals surface area contributed by atoms with Crippen LogP contribution in [0.1, 0.15) is 16.7 Å². The lowest BCUT2D eigenvalue weighted by molar-refractivity contribution is 0.302. The van der Waals surface area contributed by atoms with Gasteiger partial charge < -0.3 is 10.1 Å². The van der Waals surface area contributed by atoms with Gasteiger partial charge in [0.05, 0.1) is 0 Å². The maximum atomic E-state index is 13.0. The molecule has 146 valence electrons. The molecule has 0 saturated heterocycles. The number of rotatable bonds is 8. The van der Waals surface area contributed by atoms with Gasteiger partial charge in [-0.1, -0.05) is 57.3 Å². The number of hydrogen-bond donors (Lipinski definition) is 1. The maximum Gasteiger partial charge on any atom is 0.124 e. The molecule has 3 aromatic carbocycles. The average molecular weight is 483 g/mol. The van der Waals surface area contributed by atoms with Gasteiger partial charge in [-0.2, -0.15) is 0 Å². The van der Waals surface area contributed by atoms with Gasteiger partial charge in [0.1, 0.15) is 18.2 Å². The van der Waals surface area contributed by atoms with Gasteiger partial charge in [0.2, 0.25) is 0 Å². The van der Waals surface area contributed by atoms with Crippen LogP contribution in [-0.4, -0.2) is 6.54 Å². The fraction of sp³-hybridized carbons (Fsp3) is 0.182. The van der Waals surface area contributed by atoms with Gasteiger partial charge in [-0.05, 0) is 66.6 Å². The summed E-state index contributed by atoms with van der Waals surface area (Å²) in [5.41, 5.74) is 3.01. The van der Waals surface area contributed by atoms with Gasteiger partial charge in [0, 0.05) is 26.6 Å². The van der Waals surface area contributed by atoms with E-state index in [1.807, 2.05) is 30.3 Å². The minimum atomic E-state index is -0.252. The van der Waals surface area contributed by atoms with Crippen LogP contribution < -0.4 is 10.1 Å². The molecule has 0 spiro atoms. The van der Waals surface area contributed by atoms with Crippen molar-refractivity contribution in [2.75, 3.05) is 6.54 Å². The Hall–Kier alpha value is -1.59. The van der Waals surface area contributed by atoms with Gasteiger partial charge in [-0.15, -0.1) is 0 Å². The van der Waals surface area contributed by atoms with Crippen molar-refractivity contribution in [2.24, 2.45) is 0 Å². The molecule has 0 aromatic heterocycles. The second kappa shape index (κ2) is 10.3. The van der Waals surface area contributed by atoms with Crippen LogP contribution in [0, 0.1) is 5.82 Å². The molecule has 0 radical (unpaired) electrons. The van der Waals surface area contributed by atoms with Crippen LogP contribution in [0.2, 0.25) is 10.0 Å². The highest BCUT2D eigenvalue weighted by Gasteiger charge is 2.07. The summed E-state index contributed by atoms with van der Waals surface area (Å²) in [6.45, 7) is 1.81. The van der Waals surface area contributed by atoms with Crippen molar-refractivity contribution in [1.82, 2.24) is 5.32 Å². The zero-order valence-electron chi connectivity index (χ0n) is 15.0. The summed E-state index contributed by atoms with van der Waals surface area (Å²) < 4.78 is 20.0. The average Bonchev–Trinajstić information content (AvgIpc) is 2.67. The Bertz CT molecular complexity index is 934. The molecule has 28 heavy (non-hydrogen) atoms. The Balaban J connectivity index is 1.56. The first-order valence-corrected chi connectivity index (χ1v) is 10.4. The molecule has 3 aromatic rings. The predicted octanol–water partition coefficient (Wildman–Crippen LogP) is 6.81. The highest BCUT2D eigenvalue weighted by molar-refractivity contribution is 9.10. The van der Waals surface area contributed by atoms with Crippen molar-refractivity contribution >= 4 is 39.1 Å². The SMILES string of the molecule is Fc1ccc(COc2ccc(Br)cc2CNCCc2ccc(Cl)cc2Cl)cc1. The van der Waals surface area contributed by atoms with Crippen LogP contribution >= 0.6 is 39.1 Å². The number of ether oxygens (including phenoxy) is 1. The molecule has 0 fully saturated rings. The van der Waals surface area contributed by atoms with Crippen molar-refractivity contribution in [2.45, 2.75) is 19.6 Å². The fourth-order valence-corrected chi connectivity index (χ4v) is 3.65. The molecule has 0 atom stereocenters. The molecule has 0 saturated carbocycles. The van der Waals surface area contributed by atoms with Gasteiger partial charge in [-0.25, -0.2) is 4.39 Å². The summed E-state index contributed by atoms with van der Waals surface area (Å²) in [5, 5.41) is 4.74. The summed E-state index contributed by atoms with van der Waals surface area (Å²) in [4.78, 5) is 0. The second-order valence-electron chi connectivity index (χ2n) is 6.33. The monoisotopic (exact) mass is 481 g/mol. The third-order valence-electron chi connectivity index (χ3n) is 4.23. The minimum absolute atomic E-state index is 0.252. The van der Waals surface area contributed by atoms with Crippen LogP contribution in [0.25, 0.3) is 0 Å². The molecule has 1 N–H and O–H groups in total. The lowest BCUT2D eigenvalue weighted by Gasteiger charge is -2.13.